The van der Waals surface area contributed by atoms with Crippen LogP contribution < -0.4 is 15.4 Å². The lowest BCUT2D eigenvalue weighted by atomic mass is 10.3. The van der Waals surface area contributed by atoms with Gasteiger partial charge >= 0.3 is 0 Å². The van der Waals surface area contributed by atoms with E-state index < -0.39 is 0 Å². The normalized spacial score (nSPS) is 10.5. The number of carbonyl (C=O) groups is 1. The van der Waals surface area contributed by atoms with Gasteiger partial charge in [-0.1, -0.05) is 23.2 Å². The molecule has 0 saturated heterocycles. The second kappa shape index (κ2) is 8.09. The van der Waals surface area contributed by atoms with Crippen LogP contribution in [0.4, 0.5) is 11.4 Å². The lowest BCUT2D eigenvalue weighted by Gasteiger charge is -2.11. The smallest absolute Gasteiger partial charge is 0.243 e. The number of nitrogens with one attached hydrogen (secondary N) is 2. The van der Waals surface area contributed by atoms with Crippen molar-refractivity contribution in [3.63, 3.8) is 0 Å². The third-order valence-corrected chi connectivity index (χ3v) is 3.62. The highest BCUT2D eigenvalue weighted by atomic mass is 35.5. The van der Waals surface area contributed by atoms with E-state index in [1.54, 1.807) is 30.3 Å². The predicted molar refractivity (Wildman–Crippen MR) is 95.8 cm³/mol. The second-order valence-electron chi connectivity index (χ2n) is 5.22. The molecule has 2 N–H and O–H groups in total. The SMILES string of the molecule is CC(C)Oc1ccc(NC(=O)CNc2ccc(Cl)c(Cl)c2)cc1. The number of rotatable bonds is 6. The van der Waals surface area contributed by atoms with E-state index in [9.17, 15) is 4.79 Å². The van der Waals surface area contributed by atoms with Crippen LogP contribution in [0.2, 0.25) is 10.0 Å². The average Bonchev–Trinajstić information content (AvgIpc) is 2.50. The molecule has 0 spiro atoms. The molecular formula is C17H18Cl2N2O2. The summed E-state index contributed by atoms with van der Waals surface area (Å²) in [6, 6.07) is 12.4. The number of amides is 1. The molecule has 0 aliphatic rings. The Morgan fingerprint density at radius 3 is 2.30 bits per heavy atom. The first-order valence-electron chi connectivity index (χ1n) is 7.19. The van der Waals surface area contributed by atoms with Crippen LogP contribution in [-0.4, -0.2) is 18.6 Å². The summed E-state index contributed by atoms with van der Waals surface area (Å²) in [6.45, 7) is 4.05. The highest BCUT2D eigenvalue weighted by Crippen LogP contribution is 2.24. The highest BCUT2D eigenvalue weighted by Gasteiger charge is 2.05. The molecule has 2 aromatic rings. The third-order valence-electron chi connectivity index (χ3n) is 2.88. The van der Waals surface area contributed by atoms with E-state index in [-0.39, 0.29) is 18.6 Å². The fraction of sp³-hybridized carbons (Fsp3) is 0.235. The molecule has 6 heteroatoms. The Morgan fingerprint density at radius 1 is 1.04 bits per heavy atom. The van der Waals surface area contributed by atoms with Gasteiger partial charge in [-0.15, -0.1) is 0 Å². The molecule has 0 saturated carbocycles. The molecule has 0 fully saturated rings. The van der Waals surface area contributed by atoms with Crippen LogP contribution in [0.5, 0.6) is 5.75 Å². The summed E-state index contributed by atoms with van der Waals surface area (Å²) in [6.07, 6.45) is 0.117. The molecule has 122 valence electrons. The molecule has 1 amide bonds. The first-order chi connectivity index (χ1) is 10.9. The van der Waals surface area contributed by atoms with E-state index in [1.165, 1.54) is 0 Å². The summed E-state index contributed by atoms with van der Waals surface area (Å²) in [7, 11) is 0. The van der Waals surface area contributed by atoms with Crippen molar-refractivity contribution < 1.29 is 9.53 Å². The molecule has 2 aromatic carbocycles. The summed E-state index contributed by atoms with van der Waals surface area (Å²) < 4.78 is 5.55. The van der Waals surface area contributed by atoms with E-state index >= 15 is 0 Å². The maximum absolute atomic E-state index is 11.9. The zero-order valence-electron chi connectivity index (χ0n) is 12.9. The van der Waals surface area contributed by atoms with Gasteiger partial charge in [-0.2, -0.15) is 0 Å². The Balaban J connectivity index is 1.85. The number of benzene rings is 2. The van der Waals surface area contributed by atoms with Crippen LogP contribution in [0.15, 0.2) is 42.5 Å². The fourth-order valence-corrected chi connectivity index (χ4v) is 2.18. The van der Waals surface area contributed by atoms with Gasteiger partial charge in [0.05, 0.1) is 22.7 Å². The summed E-state index contributed by atoms with van der Waals surface area (Å²) in [5.74, 6) is 0.612. The van der Waals surface area contributed by atoms with Crippen LogP contribution in [-0.2, 0) is 4.79 Å². The van der Waals surface area contributed by atoms with Gasteiger partial charge in [-0.05, 0) is 56.3 Å². The van der Waals surface area contributed by atoms with Crippen LogP contribution in [0.25, 0.3) is 0 Å². The Labute approximate surface area is 145 Å². The number of hydrogen-bond acceptors (Lipinski definition) is 3. The minimum atomic E-state index is -0.159. The summed E-state index contributed by atoms with van der Waals surface area (Å²) in [5.41, 5.74) is 1.44. The van der Waals surface area contributed by atoms with Gasteiger partial charge in [0.2, 0.25) is 5.91 Å². The van der Waals surface area contributed by atoms with Gasteiger partial charge in [-0.25, -0.2) is 0 Å². The number of halogens is 2. The molecule has 0 aromatic heterocycles. The molecule has 0 radical (unpaired) electrons. The predicted octanol–water partition coefficient (Wildman–Crippen LogP) is 4.83. The van der Waals surface area contributed by atoms with Crippen molar-refractivity contribution in [3.05, 3.63) is 52.5 Å². The Morgan fingerprint density at radius 2 is 1.70 bits per heavy atom. The van der Waals surface area contributed by atoms with E-state index in [4.69, 9.17) is 27.9 Å². The van der Waals surface area contributed by atoms with E-state index in [0.29, 0.717) is 15.7 Å². The quantitative estimate of drug-likeness (QED) is 0.782. The Kier molecular flexibility index (Phi) is 6.13. The number of anilines is 2. The van der Waals surface area contributed by atoms with Crippen molar-refractivity contribution in [2.75, 3.05) is 17.2 Å². The first-order valence-corrected chi connectivity index (χ1v) is 7.95. The van der Waals surface area contributed by atoms with Crippen molar-refractivity contribution in [2.45, 2.75) is 20.0 Å². The topological polar surface area (TPSA) is 50.4 Å². The molecule has 0 unspecified atom stereocenters. The second-order valence-corrected chi connectivity index (χ2v) is 6.04. The lowest BCUT2D eigenvalue weighted by Crippen LogP contribution is -2.21. The fourth-order valence-electron chi connectivity index (χ4n) is 1.88. The Hall–Kier alpha value is -1.91. The first kappa shape index (κ1) is 17.4. The summed E-state index contributed by atoms with van der Waals surface area (Å²) >= 11 is 11.8. The zero-order valence-corrected chi connectivity index (χ0v) is 14.4. The van der Waals surface area contributed by atoms with Crippen molar-refractivity contribution in [3.8, 4) is 5.75 Å². The zero-order chi connectivity index (χ0) is 16.8. The van der Waals surface area contributed by atoms with Gasteiger partial charge in [0.1, 0.15) is 5.75 Å². The van der Waals surface area contributed by atoms with Gasteiger partial charge in [0, 0.05) is 11.4 Å². The molecule has 0 atom stereocenters. The van der Waals surface area contributed by atoms with Crippen molar-refractivity contribution >= 4 is 40.5 Å². The minimum absolute atomic E-state index is 0.117. The molecule has 23 heavy (non-hydrogen) atoms. The molecule has 4 nitrogen and oxygen atoms in total. The van der Waals surface area contributed by atoms with E-state index in [2.05, 4.69) is 10.6 Å². The van der Waals surface area contributed by atoms with Crippen molar-refractivity contribution in [2.24, 2.45) is 0 Å². The monoisotopic (exact) mass is 352 g/mol. The van der Waals surface area contributed by atoms with Crippen LogP contribution in [0, 0.1) is 0 Å². The minimum Gasteiger partial charge on any atom is -0.491 e. The largest absolute Gasteiger partial charge is 0.491 e. The van der Waals surface area contributed by atoms with E-state index in [1.807, 2.05) is 26.0 Å². The third kappa shape index (κ3) is 5.66. The molecule has 2 rings (SSSR count). The van der Waals surface area contributed by atoms with Gasteiger partial charge < -0.3 is 15.4 Å². The van der Waals surface area contributed by atoms with Gasteiger partial charge in [0.15, 0.2) is 0 Å². The number of hydrogen-bond donors (Lipinski definition) is 2. The molecule has 0 heterocycles. The summed E-state index contributed by atoms with van der Waals surface area (Å²) in [5, 5.41) is 6.71. The Bertz CT molecular complexity index is 673. The van der Waals surface area contributed by atoms with Gasteiger partial charge in [-0.3, -0.25) is 4.79 Å². The average molecular weight is 353 g/mol. The number of ether oxygens (including phenoxy) is 1. The van der Waals surface area contributed by atoms with Gasteiger partial charge in [0.25, 0.3) is 0 Å². The van der Waals surface area contributed by atoms with Crippen LogP contribution in [0.3, 0.4) is 0 Å². The van der Waals surface area contributed by atoms with Crippen molar-refractivity contribution in [1.82, 2.24) is 0 Å². The lowest BCUT2D eigenvalue weighted by molar-refractivity contribution is -0.114. The number of carbonyl (C=O) groups excluding carboxylic acids is 1. The highest BCUT2D eigenvalue weighted by molar-refractivity contribution is 6.42. The van der Waals surface area contributed by atoms with Crippen molar-refractivity contribution in [1.29, 1.82) is 0 Å². The maximum atomic E-state index is 11.9. The molecular weight excluding hydrogens is 335 g/mol. The summed E-state index contributed by atoms with van der Waals surface area (Å²) in [4.78, 5) is 11.9. The van der Waals surface area contributed by atoms with Crippen LogP contribution in [0.1, 0.15) is 13.8 Å². The van der Waals surface area contributed by atoms with Crippen LogP contribution >= 0.6 is 23.2 Å². The maximum Gasteiger partial charge on any atom is 0.243 e. The van der Waals surface area contributed by atoms with E-state index in [0.717, 1.165) is 11.4 Å². The molecule has 0 bridgehead atoms. The molecule has 0 aliphatic carbocycles. The standard InChI is InChI=1S/C17H18Cl2N2O2/c1-11(2)23-14-6-3-12(4-7-14)21-17(22)10-20-13-5-8-15(18)16(19)9-13/h3-9,11,20H,10H2,1-2H3,(H,21,22). The molecule has 0 aliphatic heterocycles.